The van der Waals surface area contributed by atoms with E-state index in [1.165, 1.54) is 0 Å². The van der Waals surface area contributed by atoms with Gasteiger partial charge in [-0.1, -0.05) is 41.6 Å². The van der Waals surface area contributed by atoms with E-state index < -0.39 is 0 Å². The zero-order valence-electron chi connectivity index (χ0n) is 15.6. The summed E-state index contributed by atoms with van der Waals surface area (Å²) in [4.78, 5) is 27.0. The van der Waals surface area contributed by atoms with Gasteiger partial charge in [-0.25, -0.2) is 0 Å². The topological polar surface area (TPSA) is 97.0 Å². The minimum Gasteiger partial charge on any atom is -0.497 e. The SMILES string of the molecule is COc1cccc(Cc2nnc(SCC(=O)Nc3ccc(C)cc3)[nH]c2=O)c1. The first-order valence-electron chi connectivity index (χ1n) is 8.61. The molecule has 0 unspecified atom stereocenters. The molecule has 8 heteroatoms. The van der Waals surface area contributed by atoms with Gasteiger partial charge >= 0.3 is 0 Å². The molecule has 0 radical (unpaired) electrons. The number of anilines is 1. The van der Waals surface area contributed by atoms with Crippen LogP contribution in [0.5, 0.6) is 5.75 Å². The van der Waals surface area contributed by atoms with E-state index in [2.05, 4.69) is 20.5 Å². The maximum Gasteiger partial charge on any atom is 0.273 e. The van der Waals surface area contributed by atoms with Crippen LogP contribution in [0.3, 0.4) is 0 Å². The average molecular weight is 396 g/mol. The maximum absolute atomic E-state index is 12.3. The number of aromatic nitrogens is 3. The molecule has 0 saturated heterocycles. The smallest absolute Gasteiger partial charge is 0.273 e. The van der Waals surface area contributed by atoms with Crippen LogP contribution < -0.4 is 15.6 Å². The number of benzene rings is 2. The summed E-state index contributed by atoms with van der Waals surface area (Å²) >= 11 is 1.12. The van der Waals surface area contributed by atoms with Gasteiger partial charge in [0.25, 0.3) is 5.56 Å². The molecule has 2 N–H and O–H groups in total. The van der Waals surface area contributed by atoms with Gasteiger partial charge in [0, 0.05) is 12.1 Å². The van der Waals surface area contributed by atoms with Crippen molar-refractivity contribution in [1.82, 2.24) is 15.2 Å². The molecular formula is C20H20N4O3S. The van der Waals surface area contributed by atoms with Gasteiger partial charge in [0.1, 0.15) is 11.4 Å². The number of aryl methyl sites for hydroxylation is 1. The molecule has 0 aliphatic rings. The van der Waals surface area contributed by atoms with Crippen molar-refractivity contribution in [3.63, 3.8) is 0 Å². The average Bonchev–Trinajstić information content (AvgIpc) is 2.70. The molecule has 0 aliphatic heterocycles. The number of hydrogen-bond donors (Lipinski definition) is 2. The van der Waals surface area contributed by atoms with E-state index in [9.17, 15) is 9.59 Å². The third-order valence-electron chi connectivity index (χ3n) is 3.93. The third-order valence-corrected chi connectivity index (χ3v) is 4.79. The minimum atomic E-state index is -0.320. The van der Waals surface area contributed by atoms with E-state index in [1.54, 1.807) is 7.11 Å². The summed E-state index contributed by atoms with van der Waals surface area (Å²) in [5.41, 5.74) is 2.73. The monoisotopic (exact) mass is 396 g/mol. The van der Waals surface area contributed by atoms with Crippen LogP contribution in [-0.2, 0) is 11.2 Å². The summed E-state index contributed by atoms with van der Waals surface area (Å²) in [6.45, 7) is 1.98. The molecule has 3 rings (SSSR count). The van der Waals surface area contributed by atoms with E-state index in [1.807, 2.05) is 55.5 Å². The minimum absolute atomic E-state index is 0.119. The van der Waals surface area contributed by atoms with Crippen molar-refractivity contribution >= 4 is 23.4 Å². The highest BCUT2D eigenvalue weighted by Gasteiger charge is 2.09. The summed E-state index contributed by atoms with van der Waals surface area (Å²) in [6.07, 6.45) is 0.346. The Labute approximate surface area is 166 Å². The molecule has 7 nitrogen and oxygen atoms in total. The predicted molar refractivity (Wildman–Crippen MR) is 109 cm³/mol. The number of amides is 1. The predicted octanol–water partition coefficient (Wildman–Crippen LogP) is 2.80. The van der Waals surface area contributed by atoms with Crippen LogP contribution in [-0.4, -0.2) is 34.0 Å². The molecule has 144 valence electrons. The van der Waals surface area contributed by atoms with Crippen LogP contribution in [0.25, 0.3) is 0 Å². The van der Waals surface area contributed by atoms with Crippen molar-refractivity contribution in [3.05, 3.63) is 75.7 Å². The van der Waals surface area contributed by atoms with Crippen molar-refractivity contribution < 1.29 is 9.53 Å². The zero-order chi connectivity index (χ0) is 19.9. The summed E-state index contributed by atoms with van der Waals surface area (Å²) in [5.74, 6) is 0.652. The summed E-state index contributed by atoms with van der Waals surface area (Å²) in [6, 6.07) is 15.0. The Hall–Kier alpha value is -3.13. The highest BCUT2D eigenvalue weighted by molar-refractivity contribution is 7.99. The number of carbonyl (C=O) groups excluding carboxylic acids is 1. The number of nitrogens with zero attached hydrogens (tertiary/aromatic N) is 2. The van der Waals surface area contributed by atoms with Gasteiger partial charge in [-0.3, -0.25) is 14.6 Å². The highest BCUT2D eigenvalue weighted by atomic mass is 32.2. The number of aromatic amines is 1. The molecule has 0 saturated carbocycles. The lowest BCUT2D eigenvalue weighted by molar-refractivity contribution is -0.113. The van der Waals surface area contributed by atoms with Crippen LogP contribution >= 0.6 is 11.8 Å². The number of H-pyrrole nitrogens is 1. The number of nitrogens with one attached hydrogen (secondary N) is 2. The number of rotatable bonds is 7. The molecule has 1 heterocycles. The van der Waals surface area contributed by atoms with Crippen LogP contribution in [0.15, 0.2) is 58.5 Å². The molecule has 1 aromatic heterocycles. The Morgan fingerprint density at radius 1 is 1.18 bits per heavy atom. The van der Waals surface area contributed by atoms with Crippen LogP contribution in [0.2, 0.25) is 0 Å². The molecule has 3 aromatic rings. The van der Waals surface area contributed by atoms with Crippen molar-refractivity contribution in [2.75, 3.05) is 18.2 Å². The Bertz CT molecular complexity index is 1020. The Morgan fingerprint density at radius 2 is 1.96 bits per heavy atom. The number of thioether (sulfide) groups is 1. The van der Waals surface area contributed by atoms with Crippen molar-refractivity contribution in [3.8, 4) is 5.75 Å². The maximum atomic E-state index is 12.3. The largest absolute Gasteiger partial charge is 0.497 e. The number of carbonyl (C=O) groups is 1. The van der Waals surface area contributed by atoms with Crippen LogP contribution in [0.1, 0.15) is 16.8 Å². The third kappa shape index (κ3) is 5.43. The Morgan fingerprint density at radius 3 is 2.68 bits per heavy atom. The first-order valence-corrected chi connectivity index (χ1v) is 9.60. The highest BCUT2D eigenvalue weighted by Crippen LogP contribution is 2.15. The zero-order valence-corrected chi connectivity index (χ0v) is 16.4. The summed E-state index contributed by atoms with van der Waals surface area (Å²) in [7, 11) is 1.59. The molecule has 2 aromatic carbocycles. The molecule has 0 fully saturated rings. The number of ether oxygens (including phenoxy) is 1. The van der Waals surface area contributed by atoms with E-state index in [4.69, 9.17) is 4.74 Å². The molecule has 0 atom stereocenters. The Kier molecular flexibility index (Phi) is 6.44. The lowest BCUT2D eigenvalue weighted by Gasteiger charge is -2.06. The van der Waals surface area contributed by atoms with Gasteiger partial charge in [-0.15, -0.1) is 10.2 Å². The second kappa shape index (κ2) is 9.18. The van der Waals surface area contributed by atoms with Gasteiger partial charge in [0.2, 0.25) is 5.91 Å². The summed E-state index contributed by atoms with van der Waals surface area (Å²) < 4.78 is 5.18. The fourth-order valence-corrected chi connectivity index (χ4v) is 3.07. The van der Waals surface area contributed by atoms with Gasteiger partial charge in [0.15, 0.2) is 5.16 Å². The number of methoxy groups -OCH3 is 1. The second-order valence-electron chi connectivity index (χ2n) is 6.14. The summed E-state index contributed by atoms with van der Waals surface area (Å²) in [5, 5.41) is 11.1. The van der Waals surface area contributed by atoms with E-state index in [0.29, 0.717) is 23.0 Å². The quantitative estimate of drug-likeness (QED) is 0.596. The van der Waals surface area contributed by atoms with E-state index in [-0.39, 0.29) is 17.2 Å². The molecular weight excluding hydrogens is 376 g/mol. The molecule has 0 spiro atoms. The Balaban J connectivity index is 1.58. The van der Waals surface area contributed by atoms with Crippen LogP contribution in [0, 0.1) is 6.92 Å². The lowest BCUT2D eigenvalue weighted by Crippen LogP contribution is -2.19. The lowest BCUT2D eigenvalue weighted by atomic mass is 10.1. The first-order chi connectivity index (χ1) is 13.5. The van der Waals surface area contributed by atoms with E-state index in [0.717, 1.165) is 28.6 Å². The van der Waals surface area contributed by atoms with Crippen molar-refractivity contribution in [2.45, 2.75) is 18.5 Å². The fraction of sp³-hybridized carbons (Fsp3) is 0.200. The molecule has 28 heavy (non-hydrogen) atoms. The van der Waals surface area contributed by atoms with Gasteiger partial charge in [-0.2, -0.15) is 0 Å². The second-order valence-corrected chi connectivity index (χ2v) is 7.10. The number of hydrogen-bond acceptors (Lipinski definition) is 6. The van der Waals surface area contributed by atoms with Crippen LogP contribution in [0.4, 0.5) is 5.69 Å². The standard InChI is InChI=1S/C20H20N4O3S/c1-13-6-8-15(9-7-13)21-18(25)12-28-20-22-19(26)17(23-24-20)11-14-4-3-5-16(10-14)27-2/h3-10H,11-12H2,1-2H3,(H,21,25)(H,22,24,26). The first kappa shape index (κ1) is 19.6. The van der Waals surface area contributed by atoms with Gasteiger partial charge in [0.05, 0.1) is 12.9 Å². The molecule has 1 amide bonds. The van der Waals surface area contributed by atoms with Gasteiger partial charge < -0.3 is 10.1 Å². The van der Waals surface area contributed by atoms with Gasteiger partial charge in [-0.05, 0) is 36.8 Å². The fourth-order valence-electron chi connectivity index (χ4n) is 2.47. The van der Waals surface area contributed by atoms with Crippen molar-refractivity contribution in [2.24, 2.45) is 0 Å². The molecule has 0 bridgehead atoms. The normalized spacial score (nSPS) is 10.5. The molecule has 0 aliphatic carbocycles. The van der Waals surface area contributed by atoms with E-state index >= 15 is 0 Å². The van der Waals surface area contributed by atoms with Crippen molar-refractivity contribution in [1.29, 1.82) is 0 Å².